The Kier molecular flexibility index (Phi) is 15.7. The first-order chi connectivity index (χ1) is 25.2. The van der Waals surface area contributed by atoms with Crippen LogP contribution >= 0.6 is 23.2 Å². The van der Waals surface area contributed by atoms with Gasteiger partial charge < -0.3 is 55.7 Å². The number of hydrogen-bond acceptors (Lipinski definition) is 17. The molecule has 1 aliphatic rings. The Morgan fingerprint density at radius 1 is 1.02 bits per heavy atom. The summed E-state index contributed by atoms with van der Waals surface area (Å²) in [5, 5.41) is 30.6. The summed E-state index contributed by atoms with van der Waals surface area (Å²) in [6.07, 6.45) is -4.79. The number of carbonyl (C=O) groups is 2. The Morgan fingerprint density at radius 3 is 2.29 bits per heavy atom. The third-order valence-electron chi connectivity index (χ3n) is 7.76. The van der Waals surface area contributed by atoms with Gasteiger partial charge in [0, 0.05) is 37.3 Å². The number of nitrogen functional groups attached to an aromatic ring is 1. The van der Waals surface area contributed by atoms with Gasteiger partial charge in [-0.25, -0.2) is 24.1 Å². The molecule has 10 N–H and O–H groups in total. The molecule has 3 heterocycles. The fourth-order valence-corrected chi connectivity index (χ4v) is 8.15. The zero-order chi connectivity index (χ0) is 41.6. The molecule has 0 bridgehead atoms. The highest BCUT2D eigenvalue weighted by Crippen LogP contribution is 2.61. The van der Waals surface area contributed by atoms with Crippen molar-refractivity contribution in [1.82, 2.24) is 30.2 Å². The number of nitrogens with two attached hydrogens (primary N) is 1. The van der Waals surface area contributed by atoms with Crippen molar-refractivity contribution in [3.05, 3.63) is 12.7 Å². The first kappa shape index (κ1) is 46.4. The van der Waals surface area contributed by atoms with Crippen LogP contribution in [0.2, 0.25) is 0 Å². The van der Waals surface area contributed by atoms with Crippen molar-refractivity contribution < 1.29 is 76.0 Å². The number of imidazole rings is 1. The molecule has 6 unspecified atom stereocenters. The number of ether oxygens (including phenoxy) is 1. The van der Waals surface area contributed by atoms with Gasteiger partial charge in [-0.15, -0.1) is 0 Å². The van der Waals surface area contributed by atoms with E-state index in [9.17, 15) is 53.1 Å². The monoisotopic (exact) mass is 846 g/mol. The van der Waals surface area contributed by atoms with E-state index in [0.29, 0.717) is 12.1 Å². The zero-order valence-corrected chi connectivity index (χ0v) is 33.6. The van der Waals surface area contributed by atoms with Crippen LogP contribution < -0.4 is 16.4 Å². The number of aliphatic hydroxyl groups is 2. The van der Waals surface area contributed by atoms with E-state index in [1.165, 1.54) is 24.7 Å². The van der Waals surface area contributed by atoms with Crippen LogP contribution in [0.25, 0.3) is 11.2 Å². The second-order valence-corrected chi connectivity index (χ2v) is 19.0. The van der Waals surface area contributed by atoms with Gasteiger partial charge in [0.05, 0.1) is 37.5 Å². The highest BCUT2D eigenvalue weighted by Gasteiger charge is 2.49. The van der Waals surface area contributed by atoms with Gasteiger partial charge in [0.15, 0.2) is 17.7 Å². The number of fused-ring (bicyclic) bond motifs is 1. The molecule has 2 amide bonds. The number of rotatable bonds is 20. The second kappa shape index (κ2) is 18.5. The maximum atomic E-state index is 12.7. The molecular formula is C28H49N8O16P3. The van der Waals surface area contributed by atoms with Crippen molar-refractivity contribution in [1.29, 1.82) is 0 Å². The van der Waals surface area contributed by atoms with E-state index in [1.54, 1.807) is 6.92 Å². The number of nitrogens with one attached hydrogen (secondary N) is 2. The number of carbonyl (C=O) groups excluding carboxylic acids is 2. The molecule has 27 heteroatoms. The number of anilines is 1. The molecule has 3 rings (SSSR count). The van der Waals surface area contributed by atoms with E-state index in [2.05, 4.69) is 35.1 Å². The van der Waals surface area contributed by atoms with E-state index in [1.807, 2.05) is 20.8 Å². The maximum Gasteiger partial charge on any atom is 0.481 e. The summed E-state index contributed by atoms with van der Waals surface area (Å²) in [5.41, 5.74) is 4.62. The maximum absolute atomic E-state index is 12.7. The van der Waals surface area contributed by atoms with Crippen LogP contribution in [-0.2, 0) is 46.2 Å². The molecule has 0 spiro atoms. The predicted molar refractivity (Wildman–Crippen MR) is 192 cm³/mol. The van der Waals surface area contributed by atoms with Crippen LogP contribution in [-0.4, -0.2) is 123 Å². The SMILES string of the molecule is C/C(CCNC(=O)CCNC(=O)[C@@H](O)C(C)(C)COP(=O)(O)OP(=O)(O)OCC1OC(n2cnc3c(N)ncnc32)C(O)C1CP(=O)(O)O)=N\OC(C)(C)C. The Hall–Kier alpha value is -2.95. The Morgan fingerprint density at radius 2 is 1.65 bits per heavy atom. The molecule has 55 heavy (non-hydrogen) atoms. The summed E-state index contributed by atoms with van der Waals surface area (Å²) in [5.74, 6) is -2.76. The van der Waals surface area contributed by atoms with Gasteiger partial charge in [-0.1, -0.05) is 19.0 Å². The van der Waals surface area contributed by atoms with Crippen LogP contribution in [0.15, 0.2) is 17.8 Å². The van der Waals surface area contributed by atoms with Gasteiger partial charge in [0.2, 0.25) is 11.8 Å². The lowest BCUT2D eigenvalue weighted by atomic mass is 9.87. The lowest BCUT2D eigenvalue weighted by Gasteiger charge is -2.30. The van der Waals surface area contributed by atoms with Crippen molar-refractivity contribution in [2.24, 2.45) is 16.5 Å². The molecule has 0 aromatic carbocycles. The van der Waals surface area contributed by atoms with Crippen LogP contribution in [0, 0.1) is 11.3 Å². The summed E-state index contributed by atoms with van der Waals surface area (Å²) in [4.78, 5) is 81.6. The van der Waals surface area contributed by atoms with Crippen LogP contribution in [0.3, 0.4) is 0 Å². The highest BCUT2D eigenvalue weighted by molar-refractivity contribution is 7.61. The normalized spacial score (nSPS) is 22.5. The van der Waals surface area contributed by atoms with E-state index in [0.717, 1.165) is 6.33 Å². The van der Waals surface area contributed by atoms with E-state index >= 15 is 0 Å². The number of oxime groups is 1. The van der Waals surface area contributed by atoms with Crippen molar-refractivity contribution in [2.75, 3.05) is 38.2 Å². The van der Waals surface area contributed by atoms with Gasteiger partial charge in [-0.05, 0) is 27.7 Å². The number of aliphatic hydroxyl groups excluding tert-OH is 2. The van der Waals surface area contributed by atoms with Gasteiger partial charge >= 0.3 is 23.2 Å². The Balaban J connectivity index is 1.51. The number of aromatic nitrogens is 4. The van der Waals surface area contributed by atoms with E-state index < -0.39 is 95.9 Å². The van der Waals surface area contributed by atoms with Gasteiger partial charge in [0.1, 0.15) is 29.7 Å². The third-order valence-corrected chi connectivity index (χ3v) is 11.2. The minimum absolute atomic E-state index is 0.00816. The molecule has 312 valence electrons. The quantitative estimate of drug-likeness (QED) is 0.0491. The topological polar surface area (TPSA) is 359 Å². The Bertz CT molecular complexity index is 1830. The first-order valence-electron chi connectivity index (χ1n) is 16.6. The lowest BCUT2D eigenvalue weighted by molar-refractivity contribution is -0.137. The standard InChI is InChI=1S/C28H49N8O16P3/c1-16(35-51-27(2,3)4)7-9-30-19(37)8-10-31-25(40)22(39)28(5,6)13-49-55(46,47)52-54(44,45)48-11-18-17(12-53(41,42)43)21(38)26(50-18)36-15-34-20-23(29)32-14-33-24(20)36/h14-15,17-18,21-22,26,38-39H,7-13H2,1-6H3,(H,30,37)(H,31,40)(H,44,45)(H,46,47)(H2,29,32,33)(H2,41,42,43)/b35-16+/t17?,18?,21?,22-,26?/m1/s1. The fourth-order valence-electron chi connectivity index (χ4n) is 4.90. The third kappa shape index (κ3) is 14.5. The number of amides is 2. The fraction of sp³-hybridized carbons (Fsp3) is 0.714. The molecule has 7 atom stereocenters. The second-order valence-electron chi connectivity index (χ2n) is 14.3. The molecule has 1 fully saturated rings. The van der Waals surface area contributed by atoms with Crippen molar-refractivity contribution in [3.8, 4) is 0 Å². The summed E-state index contributed by atoms with van der Waals surface area (Å²) in [6, 6.07) is 0. The molecule has 24 nitrogen and oxygen atoms in total. The average Bonchev–Trinajstić information content (AvgIpc) is 3.61. The molecule has 1 aliphatic heterocycles. The van der Waals surface area contributed by atoms with Crippen LogP contribution in [0.4, 0.5) is 5.82 Å². The summed E-state index contributed by atoms with van der Waals surface area (Å²) in [7, 11) is -15.8. The number of phosphoric acid groups is 2. The van der Waals surface area contributed by atoms with Crippen molar-refractivity contribution in [3.63, 3.8) is 0 Å². The average molecular weight is 847 g/mol. The molecule has 2 aromatic rings. The summed E-state index contributed by atoms with van der Waals surface area (Å²) in [6.45, 7) is 8.06. The lowest BCUT2D eigenvalue weighted by Crippen LogP contribution is -2.46. The first-order valence-corrected chi connectivity index (χ1v) is 21.4. The number of phosphoric ester groups is 2. The number of hydrogen-bond donors (Lipinski definition) is 9. The van der Waals surface area contributed by atoms with E-state index in [4.69, 9.17) is 24.4 Å². The van der Waals surface area contributed by atoms with Crippen molar-refractivity contribution in [2.45, 2.75) is 84.5 Å². The smallest absolute Gasteiger partial charge is 0.390 e. The minimum atomic E-state index is -5.51. The van der Waals surface area contributed by atoms with Crippen LogP contribution in [0.5, 0.6) is 0 Å². The summed E-state index contributed by atoms with van der Waals surface area (Å²) >= 11 is 0. The van der Waals surface area contributed by atoms with Gasteiger partial charge in [-0.2, -0.15) is 4.31 Å². The van der Waals surface area contributed by atoms with Crippen LogP contribution in [0.1, 0.15) is 60.6 Å². The molecule has 0 radical (unpaired) electrons. The minimum Gasteiger partial charge on any atom is -0.390 e. The largest absolute Gasteiger partial charge is 0.481 e. The van der Waals surface area contributed by atoms with Crippen molar-refractivity contribution >= 4 is 57.7 Å². The molecule has 1 saturated heterocycles. The number of nitrogens with zero attached hydrogens (tertiary/aromatic N) is 5. The highest BCUT2D eigenvalue weighted by atomic mass is 31.3. The molecule has 0 saturated carbocycles. The Labute approximate surface area is 315 Å². The van der Waals surface area contributed by atoms with Gasteiger partial charge in [0.25, 0.3) is 0 Å². The molecule has 2 aromatic heterocycles. The molecule has 0 aliphatic carbocycles. The summed E-state index contributed by atoms with van der Waals surface area (Å²) < 4.78 is 58.1. The van der Waals surface area contributed by atoms with Gasteiger partial charge in [-0.3, -0.25) is 27.8 Å². The predicted octanol–water partition coefficient (Wildman–Crippen LogP) is 0.302. The zero-order valence-electron chi connectivity index (χ0n) is 30.9. The molecular weight excluding hydrogens is 797 g/mol. The van der Waals surface area contributed by atoms with E-state index in [-0.39, 0.29) is 36.5 Å².